The van der Waals surface area contributed by atoms with Crippen molar-refractivity contribution >= 4 is 34.4 Å². The molecule has 1 aromatic heterocycles. The molecule has 2 aromatic carbocycles. The van der Waals surface area contributed by atoms with Crippen LogP contribution in [0.2, 0.25) is 0 Å². The molecule has 0 saturated carbocycles. The lowest BCUT2D eigenvalue weighted by Crippen LogP contribution is -2.49. The molecule has 0 spiro atoms. The van der Waals surface area contributed by atoms with E-state index in [-0.39, 0.29) is 5.91 Å². The van der Waals surface area contributed by atoms with Crippen molar-refractivity contribution in [2.75, 3.05) is 36.8 Å². The molecule has 3 aromatic rings. The Labute approximate surface area is 157 Å². The van der Waals surface area contributed by atoms with Gasteiger partial charge in [0.2, 0.25) is 5.91 Å². The van der Waals surface area contributed by atoms with Crippen LogP contribution in [0.5, 0.6) is 0 Å². The minimum Gasteiger partial charge on any atom is -0.368 e. The van der Waals surface area contributed by atoms with Gasteiger partial charge < -0.3 is 9.80 Å². The van der Waals surface area contributed by atoms with Crippen molar-refractivity contribution in [2.45, 2.75) is 5.16 Å². The van der Waals surface area contributed by atoms with E-state index < -0.39 is 0 Å². The summed E-state index contributed by atoms with van der Waals surface area (Å²) in [4.78, 5) is 20.3. The van der Waals surface area contributed by atoms with Gasteiger partial charge in [-0.1, -0.05) is 30.3 Å². The number of thioether (sulfide) groups is 1. The number of hydrogen-bond donors (Lipinski definition) is 1. The van der Waals surface area contributed by atoms with Crippen LogP contribution in [-0.4, -0.2) is 47.7 Å². The Kier molecular flexibility index (Phi) is 4.84. The lowest BCUT2D eigenvalue weighted by atomic mass is 10.2. The molecule has 4 rings (SSSR count). The zero-order valence-corrected chi connectivity index (χ0v) is 15.7. The predicted octanol–water partition coefficient (Wildman–Crippen LogP) is 2.43. The molecule has 26 heavy (non-hydrogen) atoms. The van der Waals surface area contributed by atoms with Gasteiger partial charge in [0.25, 0.3) is 0 Å². The molecule has 6 heteroatoms. The van der Waals surface area contributed by atoms with E-state index in [0.717, 1.165) is 42.4 Å². The summed E-state index contributed by atoms with van der Waals surface area (Å²) < 4.78 is 2.11. The predicted molar refractivity (Wildman–Crippen MR) is 105 cm³/mol. The number of aryl methyl sites for hydroxylation is 1. The van der Waals surface area contributed by atoms with Crippen molar-refractivity contribution in [1.29, 1.82) is 0 Å². The van der Waals surface area contributed by atoms with Crippen LogP contribution in [0.15, 0.2) is 59.8 Å². The monoisotopic (exact) mass is 367 g/mol. The molecule has 0 bridgehead atoms. The molecular formula is C20H23N4OS+. The Balaban J connectivity index is 1.33. The van der Waals surface area contributed by atoms with Gasteiger partial charge >= 0.3 is 5.16 Å². The summed E-state index contributed by atoms with van der Waals surface area (Å²) in [7, 11) is 2.03. The van der Waals surface area contributed by atoms with Crippen LogP contribution < -0.4 is 9.47 Å². The van der Waals surface area contributed by atoms with E-state index in [1.807, 2.05) is 30.1 Å². The van der Waals surface area contributed by atoms with Gasteiger partial charge in [-0.15, -0.1) is 0 Å². The molecule has 1 N–H and O–H groups in total. The highest BCUT2D eigenvalue weighted by atomic mass is 32.2. The molecular weight excluding hydrogens is 344 g/mol. The number of nitrogens with zero attached hydrogens (tertiary/aromatic N) is 3. The number of aromatic nitrogens is 2. The number of para-hydroxylation sites is 3. The topological polar surface area (TPSA) is 43.2 Å². The number of nitrogens with one attached hydrogen (secondary N) is 1. The van der Waals surface area contributed by atoms with E-state index in [9.17, 15) is 4.79 Å². The van der Waals surface area contributed by atoms with Crippen molar-refractivity contribution in [2.24, 2.45) is 7.05 Å². The molecule has 1 aliphatic heterocycles. The van der Waals surface area contributed by atoms with Gasteiger partial charge in [0.1, 0.15) is 0 Å². The summed E-state index contributed by atoms with van der Waals surface area (Å²) >= 11 is 1.57. The summed E-state index contributed by atoms with van der Waals surface area (Å²) in [5.74, 6) is 0.674. The molecule has 1 fully saturated rings. The van der Waals surface area contributed by atoms with Gasteiger partial charge in [-0.2, -0.15) is 0 Å². The first-order valence-electron chi connectivity index (χ1n) is 8.90. The van der Waals surface area contributed by atoms with Gasteiger partial charge in [-0.25, -0.2) is 9.55 Å². The Hall–Kier alpha value is -2.47. The normalized spacial score (nSPS) is 14.8. The van der Waals surface area contributed by atoms with Crippen molar-refractivity contribution in [3.05, 3.63) is 54.6 Å². The quantitative estimate of drug-likeness (QED) is 0.569. The Bertz CT molecular complexity index is 901. The number of fused-ring (bicyclic) bond motifs is 1. The van der Waals surface area contributed by atoms with Crippen molar-refractivity contribution in [1.82, 2.24) is 9.88 Å². The number of benzene rings is 2. The van der Waals surface area contributed by atoms with Gasteiger partial charge in [0, 0.05) is 31.9 Å². The third kappa shape index (κ3) is 3.42. The van der Waals surface area contributed by atoms with Gasteiger partial charge in [0.15, 0.2) is 11.0 Å². The Morgan fingerprint density at radius 3 is 2.46 bits per heavy atom. The van der Waals surface area contributed by atoms with E-state index >= 15 is 0 Å². The lowest BCUT2D eigenvalue weighted by molar-refractivity contribution is -0.683. The van der Waals surface area contributed by atoms with Crippen molar-refractivity contribution < 1.29 is 9.36 Å². The van der Waals surface area contributed by atoms with Crippen LogP contribution in [0.3, 0.4) is 0 Å². The molecule has 0 radical (unpaired) electrons. The number of carbonyl (C=O) groups is 1. The van der Waals surface area contributed by atoms with Crippen LogP contribution in [0.25, 0.3) is 11.0 Å². The highest BCUT2D eigenvalue weighted by Crippen LogP contribution is 2.19. The molecule has 2 heterocycles. The fraction of sp³-hybridized carbons (Fsp3) is 0.300. The maximum atomic E-state index is 12.6. The van der Waals surface area contributed by atoms with Gasteiger partial charge in [0.05, 0.1) is 12.8 Å². The molecule has 0 unspecified atom stereocenters. The zero-order chi connectivity index (χ0) is 17.9. The average molecular weight is 367 g/mol. The van der Waals surface area contributed by atoms with Crippen LogP contribution in [0.4, 0.5) is 5.69 Å². The van der Waals surface area contributed by atoms with Crippen LogP contribution >= 0.6 is 11.8 Å². The first-order chi connectivity index (χ1) is 12.7. The van der Waals surface area contributed by atoms with E-state index in [1.165, 1.54) is 5.69 Å². The summed E-state index contributed by atoms with van der Waals surface area (Å²) in [6.45, 7) is 3.35. The van der Waals surface area contributed by atoms with E-state index in [2.05, 4.69) is 50.8 Å². The second-order valence-corrected chi connectivity index (χ2v) is 7.46. The summed E-state index contributed by atoms with van der Waals surface area (Å²) in [6.07, 6.45) is 0. The van der Waals surface area contributed by atoms with Crippen LogP contribution in [0.1, 0.15) is 0 Å². The molecule has 1 amide bonds. The highest BCUT2D eigenvalue weighted by Gasteiger charge is 2.23. The maximum absolute atomic E-state index is 12.6. The fourth-order valence-electron chi connectivity index (χ4n) is 3.39. The summed E-state index contributed by atoms with van der Waals surface area (Å²) in [6, 6.07) is 18.6. The van der Waals surface area contributed by atoms with Crippen LogP contribution in [0, 0.1) is 0 Å². The van der Waals surface area contributed by atoms with Gasteiger partial charge in [-0.05, 0) is 36.0 Å². The molecule has 0 aliphatic carbocycles. The fourth-order valence-corrected chi connectivity index (χ4v) is 4.30. The minimum absolute atomic E-state index is 0.210. The molecule has 5 nitrogen and oxygen atoms in total. The second kappa shape index (κ2) is 7.41. The Morgan fingerprint density at radius 1 is 1.04 bits per heavy atom. The number of hydrogen-bond acceptors (Lipinski definition) is 3. The minimum atomic E-state index is 0.210. The highest BCUT2D eigenvalue weighted by molar-refractivity contribution is 7.99. The number of carbonyl (C=O) groups excluding carboxylic acids is 1. The summed E-state index contributed by atoms with van der Waals surface area (Å²) in [5.41, 5.74) is 3.49. The number of imidazole rings is 1. The zero-order valence-electron chi connectivity index (χ0n) is 14.9. The number of piperazine rings is 1. The average Bonchev–Trinajstić information content (AvgIpc) is 3.03. The number of aromatic amines is 1. The molecule has 1 saturated heterocycles. The third-order valence-electron chi connectivity index (χ3n) is 4.90. The summed E-state index contributed by atoms with van der Waals surface area (Å²) in [5, 5.41) is 1.02. The Morgan fingerprint density at radius 2 is 1.73 bits per heavy atom. The van der Waals surface area contributed by atoms with E-state index in [1.54, 1.807) is 11.8 Å². The molecule has 0 atom stereocenters. The van der Waals surface area contributed by atoms with Crippen molar-refractivity contribution in [3.63, 3.8) is 0 Å². The smallest absolute Gasteiger partial charge is 0.317 e. The van der Waals surface area contributed by atoms with Gasteiger partial charge in [-0.3, -0.25) is 4.79 Å². The third-order valence-corrected chi connectivity index (χ3v) is 5.94. The maximum Gasteiger partial charge on any atom is 0.317 e. The number of anilines is 1. The first-order valence-corrected chi connectivity index (χ1v) is 9.88. The standard InChI is InChI=1S/C20H22N4OS/c1-22-18-10-6-5-9-17(18)21-20(22)26-15-19(25)24-13-11-23(12-14-24)16-7-3-2-4-8-16/h2-10H,11-15H2,1H3/p+1. The molecule has 1 aliphatic rings. The number of rotatable bonds is 4. The molecule has 134 valence electrons. The number of amides is 1. The lowest BCUT2D eigenvalue weighted by Gasteiger charge is -2.36. The van der Waals surface area contributed by atoms with E-state index in [0.29, 0.717) is 5.75 Å². The first kappa shape index (κ1) is 17.0. The van der Waals surface area contributed by atoms with Crippen LogP contribution in [-0.2, 0) is 11.8 Å². The SMILES string of the molecule is C[n+]1c(SCC(=O)N2CCN(c3ccccc3)CC2)[nH]c2ccccc21. The van der Waals surface area contributed by atoms with Crippen molar-refractivity contribution in [3.8, 4) is 0 Å². The van der Waals surface area contributed by atoms with E-state index in [4.69, 9.17) is 0 Å². The second-order valence-electron chi connectivity index (χ2n) is 6.50. The number of H-pyrrole nitrogens is 1. The largest absolute Gasteiger partial charge is 0.368 e.